The monoisotopic (exact) mass is 270 g/mol. The highest BCUT2D eigenvalue weighted by molar-refractivity contribution is 6.06. The molecule has 0 radical (unpaired) electrons. The summed E-state index contributed by atoms with van der Waals surface area (Å²) in [5.41, 5.74) is 0. The maximum atomic E-state index is 12.4. The lowest BCUT2D eigenvalue weighted by molar-refractivity contribution is -0.140. The lowest BCUT2D eigenvalue weighted by Gasteiger charge is -2.37. The Morgan fingerprint density at radius 1 is 1.15 bits per heavy atom. The molecule has 20 heavy (non-hydrogen) atoms. The van der Waals surface area contributed by atoms with Gasteiger partial charge in [-0.05, 0) is 36.8 Å². The van der Waals surface area contributed by atoms with Gasteiger partial charge in [0.1, 0.15) is 5.76 Å². The quantitative estimate of drug-likeness (QED) is 0.468. The van der Waals surface area contributed by atoms with Gasteiger partial charge in [-0.3, -0.25) is 9.59 Å². The molecule has 0 aromatic carbocycles. The summed E-state index contributed by atoms with van der Waals surface area (Å²) in [5.74, 6) is 0.181. The predicted molar refractivity (Wildman–Crippen MR) is 70.5 cm³/mol. The molecule has 0 spiro atoms. The molecule has 4 aliphatic rings. The van der Waals surface area contributed by atoms with Crippen molar-refractivity contribution >= 4 is 18.0 Å². The van der Waals surface area contributed by atoms with Crippen molar-refractivity contribution in [1.82, 2.24) is 5.01 Å². The first-order valence-corrected chi connectivity index (χ1v) is 6.89. The van der Waals surface area contributed by atoms with E-state index in [-0.39, 0.29) is 35.5 Å². The van der Waals surface area contributed by atoms with E-state index in [0.29, 0.717) is 5.76 Å². The number of fused-ring (bicyclic) bond motifs is 1. The molecule has 4 atom stereocenters. The number of rotatable bonds is 2. The van der Waals surface area contributed by atoms with Crippen LogP contribution in [0.25, 0.3) is 0 Å². The number of furan rings is 1. The molecule has 1 aromatic rings. The van der Waals surface area contributed by atoms with Gasteiger partial charge in [-0.1, -0.05) is 12.2 Å². The van der Waals surface area contributed by atoms with E-state index in [2.05, 4.69) is 17.3 Å². The van der Waals surface area contributed by atoms with Crippen LogP contribution in [0.4, 0.5) is 0 Å². The Kier molecular flexibility index (Phi) is 2.42. The Labute approximate surface area is 115 Å². The van der Waals surface area contributed by atoms with E-state index in [1.807, 2.05) is 0 Å². The first-order chi connectivity index (χ1) is 9.75. The van der Waals surface area contributed by atoms with Crippen molar-refractivity contribution < 1.29 is 14.0 Å². The fourth-order valence-electron chi connectivity index (χ4n) is 3.65. The molecule has 1 saturated heterocycles. The molecule has 5 nitrogen and oxygen atoms in total. The molecule has 2 fully saturated rings. The number of hydrogen-bond acceptors (Lipinski definition) is 4. The summed E-state index contributed by atoms with van der Waals surface area (Å²) in [4.78, 5) is 24.9. The highest BCUT2D eigenvalue weighted by Crippen LogP contribution is 2.49. The summed E-state index contributed by atoms with van der Waals surface area (Å²) >= 11 is 0. The number of hydrogen-bond donors (Lipinski definition) is 0. The Balaban J connectivity index is 1.64. The normalized spacial score (nSPS) is 35.3. The summed E-state index contributed by atoms with van der Waals surface area (Å²) in [6.07, 6.45) is 9.13. The summed E-state index contributed by atoms with van der Waals surface area (Å²) in [6.45, 7) is 0. The molecule has 1 saturated carbocycles. The third-order valence-electron chi connectivity index (χ3n) is 4.58. The van der Waals surface area contributed by atoms with Gasteiger partial charge in [0.2, 0.25) is 0 Å². The zero-order chi connectivity index (χ0) is 13.7. The third-order valence-corrected chi connectivity index (χ3v) is 4.58. The van der Waals surface area contributed by atoms with E-state index in [0.717, 1.165) is 17.9 Å². The standard InChI is InChI=1S/C15H14N2O3/c18-14-12-9-3-4-10(6-5-9)13(12)15(19)17(14)16-8-11-2-1-7-20-11/h1-4,7-10,12-13H,5-6H2/b16-8-/t9-,10+,12-,13+. The second-order valence-electron chi connectivity index (χ2n) is 5.59. The highest BCUT2D eigenvalue weighted by Gasteiger charge is 2.56. The summed E-state index contributed by atoms with van der Waals surface area (Å²) in [6, 6.07) is 3.46. The Hall–Kier alpha value is -2.17. The Morgan fingerprint density at radius 3 is 2.30 bits per heavy atom. The van der Waals surface area contributed by atoms with Gasteiger partial charge in [-0.2, -0.15) is 10.1 Å². The Bertz CT molecular complexity index is 585. The van der Waals surface area contributed by atoms with Crippen molar-refractivity contribution in [2.45, 2.75) is 12.8 Å². The maximum absolute atomic E-state index is 12.4. The zero-order valence-corrected chi connectivity index (χ0v) is 10.8. The van der Waals surface area contributed by atoms with Crippen LogP contribution >= 0.6 is 0 Å². The zero-order valence-electron chi connectivity index (χ0n) is 10.8. The van der Waals surface area contributed by atoms with Crippen LogP contribution in [-0.2, 0) is 9.59 Å². The van der Waals surface area contributed by atoms with E-state index >= 15 is 0 Å². The second kappa shape index (κ2) is 4.16. The van der Waals surface area contributed by atoms with Gasteiger partial charge >= 0.3 is 0 Å². The first kappa shape index (κ1) is 11.6. The molecule has 3 aliphatic carbocycles. The predicted octanol–water partition coefficient (Wildman–Crippen LogP) is 1.81. The SMILES string of the molecule is O=C1[C@@H]2[C@H](C(=O)N1/N=C\c1ccco1)[C@@H]1C=C[C@H]2CC1. The number of hydrazone groups is 1. The van der Waals surface area contributed by atoms with E-state index in [1.165, 1.54) is 12.5 Å². The molecule has 5 heteroatoms. The first-order valence-electron chi connectivity index (χ1n) is 6.89. The van der Waals surface area contributed by atoms with Crippen molar-refractivity contribution in [3.63, 3.8) is 0 Å². The maximum Gasteiger partial charge on any atom is 0.254 e. The average Bonchev–Trinajstić information content (AvgIpc) is 3.08. The molecule has 0 N–H and O–H groups in total. The van der Waals surface area contributed by atoms with Gasteiger partial charge in [0.05, 0.1) is 24.3 Å². The fraction of sp³-hybridized carbons (Fsp3) is 0.400. The number of imide groups is 1. The number of carbonyl (C=O) groups excluding carboxylic acids is 2. The van der Waals surface area contributed by atoms with Gasteiger partial charge in [0.25, 0.3) is 11.8 Å². The van der Waals surface area contributed by atoms with Crippen LogP contribution in [0, 0.1) is 23.7 Å². The average molecular weight is 270 g/mol. The minimum Gasteiger partial charge on any atom is -0.463 e. The molecule has 0 unspecified atom stereocenters. The van der Waals surface area contributed by atoms with Crippen molar-refractivity contribution in [2.75, 3.05) is 0 Å². The number of carbonyl (C=O) groups is 2. The second-order valence-corrected chi connectivity index (χ2v) is 5.59. The Morgan fingerprint density at radius 2 is 1.80 bits per heavy atom. The molecule has 1 aliphatic heterocycles. The van der Waals surface area contributed by atoms with E-state index in [9.17, 15) is 9.59 Å². The van der Waals surface area contributed by atoms with Gasteiger partial charge in [-0.25, -0.2) is 0 Å². The van der Waals surface area contributed by atoms with E-state index < -0.39 is 0 Å². The molecule has 102 valence electrons. The van der Waals surface area contributed by atoms with Crippen LogP contribution in [0.2, 0.25) is 0 Å². The van der Waals surface area contributed by atoms with Crippen LogP contribution in [0.15, 0.2) is 40.1 Å². The van der Waals surface area contributed by atoms with Crippen molar-refractivity contribution in [1.29, 1.82) is 0 Å². The van der Waals surface area contributed by atoms with Crippen LogP contribution < -0.4 is 0 Å². The number of allylic oxidation sites excluding steroid dienone is 2. The van der Waals surface area contributed by atoms with Crippen LogP contribution in [0.3, 0.4) is 0 Å². The molecule has 2 bridgehead atoms. The molecular formula is C15H14N2O3. The molecule has 1 aromatic heterocycles. The van der Waals surface area contributed by atoms with Crippen molar-refractivity contribution in [3.05, 3.63) is 36.3 Å². The number of amides is 2. The van der Waals surface area contributed by atoms with Crippen LogP contribution in [-0.4, -0.2) is 23.0 Å². The van der Waals surface area contributed by atoms with Crippen LogP contribution in [0.5, 0.6) is 0 Å². The lowest BCUT2D eigenvalue weighted by Crippen LogP contribution is -2.38. The van der Waals surface area contributed by atoms with Crippen molar-refractivity contribution in [2.24, 2.45) is 28.8 Å². The smallest absolute Gasteiger partial charge is 0.254 e. The van der Waals surface area contributed by atoms with Crippen molar-refractivity contribution in [3.8, 4) is 0 Å². The summed E-state index contributed by atoms with van der Waals surface area (Å²) in [5, 5.41) is 5.07. The summed E-state index contributed by atoms with van der Waals surface area (Å²) in [7, 11) is 0. The third kappa shape index (κ3) is 1.52. The van der Waals surface area contributed by atoms with E-state index in [4.69, 9.17) is 4.42 Å². The molecular weight excluding hydrogens is 256 g/mol. The minimum atomic E-state index is -0.208. The van der Waals surface area contributed by atoms with E-state index in [1.54, 1.807) is 12.1 Å². The largest absolute Gasteiger partial charge is 0.463 e. The van der Waals surface area contributed by atoms with Gasteiger partial charge in [0, 0.05) is 0 Å². The topological polar surface area (TPSA) is 62.9 Å². The van der Waals surface area contributed by atoms with Gasteiger partial charge in [0.15, 0.2) is 0 Å². The molecule has 2 heterocycles. The van der Waals surface area contributed by atoms with Gasteiger partial charge < -0.3 is 4.42 Å². The molecule has 5 rings (SSSR count). The highest BCUT2D eigenvalue weighted by atomic mass is 16.3. The summed E-state index contributed by atoms with van der Waals surface area (Å²) < 4.78 is 5.13. The van der Waals surface area contributed by atoms with Crippen LogP contribution in [0.1, 0.15) is 18.6 Å². The lowest BCUT2D eigenvalue weighted by atomic mass is 9.63. The fourth-order valence-corrected chi connectivity index (χ4v) is 3.65. The number of nitrogens with zero attached hydrogens (tertiary/aromatic N) is 2. The molecule has 2 amide bonds. The minimum absolute atomic E-state index is 0.165. The van der Waals surface area contributed by atoms with Gasteiger partial charge in [-0.15, -0.1) is 0 Å².